The molecule has 2 aromatic carbocycles. The van der Waals surface area contributed by atoms with Crippen LogP contribution < -0.4 is 26.0 Å². The van der Waals surface area contributed by atoms with E-state index in [1.807, 2.05) is 82.3 Å². The number of benzene rings is 2. The zero-order valence-electron chi connectivity index (χ0n) is 28.7. The highest BCUT2D eigenvalue weighted by Gasteiger charge is 2.37. The van der Waals surface area contributed by atoms with Crippen molar-refractivity contribution in [1.82, 2.24) is 26.2 Å². The lowest BCUT2D eigenvalue weighted by molar-refractivity contribution is -0.139. The lowest BCUT2D eigenvalue weighted by atomic mass is 9.96. The minimum Gasteiger partial charge on any atom is -0.494 e. The fourth-order valence-electron chi connectivity index (χ4n) is 6.35. The molecule has 0 radical (unpaired) electrons. The molecule has 0 spiro atoms. The molecule has 1 saturated heterocycles. The van der Waals surface area contributed by atoms with Gasteiger partial charge in [-0.3, -0.25) is 19.2 Å². The second kappa shape index (κ2) is 18.0. The molecule has 0 aliphatic carbocycles. The highest BCUT2D eigenvalue weighted by atomic mass is 16.5. The molecule has 3 heterocycles. The van der Waals surface area contributed by atoms with E-state index in [-0.39, 0.29) is 42.0 Å². The van der Waals surface area contributed by atoms with Crippen molar-refractivity contribution in [2.45, 2.75) is 96.5 Å². The van der Waals surface area contributed by atoms with Gasteiger partial charge in [-0.15, -0.1) is 0 Å². The van der Waals surface area contributed by atoms with Crippen LogP contribution >= 0.6 is 0 Å². The highest BCUT2D eigenvalue weighted by Crippen LogP contribution is 2.20. The first-order chi connectivity index (χ1) is 23.1. The molecule has 0 saturated carbocycles. The topological polar surface area (TPSA) is 149 Å². The summed E-state index contributed by atoms with van der Waals surface area (Å²) in [7, 11) is 0. The maximum atomic E-state index is 13.9. The standard InChI is InChI=1S/C37H53N5O6/c1-5-25(4)33-36(46)38-18-10-20-48-28-16-14-27(15-17-28)22-30(35(45)41-33)39-23-31(43)29(21-26-11-7-6-8-12-26)40-37(47)34(24(2)3)42-19-9-13-32(42)44/h6-8,11-12,14-17,24-25,29-31,33-34,39,43H,5,9-10,13,18-23H2,1-4H3,(H,38,46)(H,40,47)(H,41,45)/t25-,29+,30+,31-,33+,34+/m1/s1. The van der Waals surface area contributed by atoms with E-state index in [0.717, 1.165) is 11.1 Å². The first-order valence-corrected chi connectivity index (χ1v) is 17.4. The van der Waals surface area contributed by atoms with Crippen LogP contribution in [0.4, 0.5) is 0 Å². The second-order valence-corrected chi connectivity index (χ2v) is 13.4. The van der Waals surface area contributed by atoms with Crippen LogP contribution in [0.1, 0.15) is 64.5 Å². The minimum atomic E-state index is -1.08. The van der Waals surface area contributed by atoms with Crippen molar-refractivity contribution in [3.8, 4) is 5.75 Å². The summed E-state index contributed by atoms with van der Waals surface area (Å²) < 4.78 is 5.83. The first kappa shape index (κ1) is 36.9. The number of carbonyl (C=O) groups excluding carboxylic acids is 4. The van der Waals surface area contributed by atoms with E-state index >= 15 is 0 Å². The van der Waals surface area contributed by atoms with Crippen LogP contribution in [0.15, 0.2) is 54.6 Å². The minimum absolute atomic E-state index is 0.00769. The number of hydrogen-bond donors (Lipinski definition) is 5. The smallest absolute Gasteiger partial charge is 0.243 e. The molecular weight excluding hydrogens is 610 g/mol. The SMILES string of the molecule is CC[C@@H](C)[C@@H]1NC(=O)[C@@H](NC[C@@H](O)[C@H](Cc2ccccc2)NC(=O)[C@H](C(C)C)N2CCCC2=O)Cc2ccc(cc2)OCCCNC1=O. The van der Waals surface area contributed by atoms with E-state index in [1.54, 1.807) is 4.90 Å². The number of amides is 4. The predicted molar refractivity (Wildman–Crippen MR) is 184 cm³/mol. The fraction of sp³-hybridized carbons (Fsp3) is 0.568. The lowest BCUT2D eigenvalue weighted by Crippen LogP contribution is -2.59. The Hall–Kier alpha value is -3.96. The van der Waals surface area contributed by atoms with Gasteiger partial charge in [0.1, 0.15) is 17.8 Å². The van der Waals surface area contributed by atoms with Gasteiger partial charge in [-0.2, -0.15) is 0 Å². The Balaban J connectivity index is 1.55. The van der Waals surface area contributed by atoms with Crippen LogP contribution in [0, 0.1) is 11.8 Å². The van der Waals surface area contributed by atoms with Crippen molar-refractivity contribution in [3.05, 3.63) is 65.7 Å². The average molecular weight is 664 g/mol. The largest absolute Gasteiger partial charge is 0.494 e. The fourth-order valence-corrected chi connectivity index (χ4v) is 6.35. The van der Waals surface area contributed by atoms with Crippen molar-refractivity contribution in [3.63, 3.8) is 0 Å². The molecule has 262 valence electrons. The Bertz CT molecular complexity index is 1350. The lowest BCUT2D eigenvalue weighted by Gasteiger charge is -2.33. The molecule has 6 atom stereocenters. The monoisotopic (exact) mass is 663 g/mol. The van der Waals surface area contributed by atoms with E-state index in [9.17, 15) is 24.3 Å². The molecule has 3 aliphatic rings. The molecule has 0 unspecified atom stereocenters. The Morgan fingerprint density at radius 3 is 2.40 bits per heavy atom. The summed E-state index contributed by atoms with van der Waals surface area (Å²) >= 11 is 0. The molecule has 5 rings (SSSR count). The molecule has 2 bridgehead atoms. The number of fused-ring (bicyclic) bond motifs is 12. The van der Waals surface area contributed by atoms with Crippen LogP contribution in [0.5, 0.6) is 5.75 Å². The van der Waals surface area contributed by atoms with Gasteiger partial charge in [-0.25, -0.2) is 0 Å². The third-order valence-corrected chi connectivity index (χ3v) is 9.37. The summed E-state index contributed by atoms with van der Waals surface area (Å²) in [5.41, 5.74) is 1.81. The molecule has 11 heteroatoms. The van der Waals surface area contributed by atoms with Crippen molar-refractivity contribution < 1.29 is 29.0 Å². The van der Waals surface area contributed by atoms with Gasteiger partial charge in [0.25, 0.3) is 0 Å². The Kier molecular flexibility index (Phi) is 13.8. The van der Waals surface area contributed by atoms with E-state index in [0.29, 0.717) is 64.0 Å². The first-order valence-electron chi connectivity index (χ1n) is 17.4. The molecule has 11 nitrogen and oxygen atoms in total. The second-order valence-electron chi connectivity index (χ2n) is 13.4. The van der Waals surface area contributed by atoms with Gasteiger partial charge in [0.05, 0.1) is 24.8 Å². The number of hydrogen-bond acceptors (Lipinski definition) is 7. The predicted octanol–water partition coefficient (Wildman–Crippen LogP) is 2.35. The number of rotatable bonds is 12. The summed E-state index contributed by atoms with van der Waals surface area (Å²) in [6.45, 7) is 9.14. The summed E-state index contributed by atoms with van der Waals surface area (Å²) in [6, 6.07) is 14.3. The number of aliphatic hydroxyl groups excluding tert-OH is 1. The maximum Gasteiger partial charge on any atom is 0.243 e. The van der Waals surface area contributed by atoms with Gasteiger partial charge in [0.2, 0.25) is 23.6 Å². The molecular formula is C37H53N5O6. The van der Waals surface area contributed by atoms with E-state index in [2.05, 4.69) is 21.3 Å². The summed E-state index contributed by atoms with van der Waals surface area (Å²) in [5, 5.41) is 23.9. The van der Waals surface area contributed by atoms with Crippen molar-refractivity contribution >= 4 is 23.6 Å². The quantitative estimate of drug-likeness (QED) is 0.234. The highest BCUT2D eigenvalue weighted by molar-refractivity contribution is 5.90. The third-order valence-electron chi connectivity index (χ3n) is 9.37. The molecule has 2 aromatic rings. The number of ether oxygens (including phenoxy) is 1. The van der Waals surface area contributed by atoms with Crippen LogP contribution in [-0.4, -0.2) is 90.1 Å². The van der Waals surface area contributed by atoms with Crippen LogP contribution in [0.25, 0.3) is 0 Å². The Labute approximate surface area is 284 Å². The van der Waals surface area contributed by atoms with Crippen LogP contribution in [0.3, 0.4) is 0 Å². The summed E-state index contributed by atoms with van der Waals surface area (Å²) in [4.78, 5) is 55.0. The summed E-state index contributed by atoms with van der Waals surface area (Å²) in [5.74, 6) is -0.460. The zero-order valence-corrected chi connectivity index (χ0v) is 28.7. The number of nitrogens with zero attached hydrogens (tertiary/aromatic N) is 1. The molecule has 1 fully saturated rings. The van der Waals surface area contributed by atoms with Gasteiger partial charge in [-0.1, -0.05) is 76.6 Å². The van der Waals surface area contributed by atoms with Gasteiger partial charge >= 0.3 is 0 Å². The normalized spacial score (nSPS) is 21.7. The summed E-state index contributed by atoms with van der Waals surface area (Å²) in [6.07, 6.45) is 2.04. The van der Waals surface area contributed by atoms with Gasteiger partial charge in [0, 0.05) is 26.1 Å². The maximum absolute atomic E-state index is 13.9. The van der Waals surface area contributed by atoms with Gasteiger partial charge < -0.3 is 36.0 Å². The van der Waals surface area contributed by atoms with E-state index in [1.165, 1.54) is 0 Å². The Morgan fingerprint density at radius 2 is 1.75 bits per heavy atom. The van der Waals surface area contributed by atoms with Gasteiger partial charge in [-0.05, 0) is 60.8 Å². The van der Waals surface area contributed by atoms with Crippen LogP contribution in [0.2, 0.25) is 0 Å². The van der Waals surface area contributed by atoms with Gasteiger partial charge in [0.15, 0.2) is 0 Å². The number of aliphatic hydroxyl groups is 1. The molecule has 5 N–H and O–H groups in total. The van der Waals surface area contributed by atoms with Crippen LogP contribution in [-0.2, 0) is 32.0 Å². The molecule has 4 amide bonds. The van der Waals surface area contributed by atoms with E-state index < -0.39 is 30.3 Å². The zero-order chi connectivity index (χ0) is 34.6. The molecule has 48 heavy (non-hydrogen) atoms. The Morgan fingerprint density at radius 1 is 1.02 bits per heavy atom. The number of carbonyl (C=O) groups is 4. The average Bonchev–Trinajstić information content (AvgIpc) is 3.49. The van der Waals surface area contributed by atoms with Crippen molar-refractivity contribution in [2.24, 2.45) is 11.8 Å². The number of nitrogens with one attached hydrogen (secondary N) is 4. The molecule has 3 aliphatic heterocycles. The molecule has 0 aromatic heterocycles. The third kappa shape index (κ3) is 10.3. The van der Waals surface area contributed by atoms with Crippen molar-refractivity contribution in [1.29, 1.82) is 0 Å². The van der Waals surface area contributed by atoms with E-state index in [4.69, 9.17) is 4.74 Å². The van der Waals surface area contributed by atoms with Crippen molar-refractivity contribution in [2.75, 3.05) is 26.2 Å². The number of likely N-dealkylation sites (tertiary alicyclic amines) is 1.